The Bertz CT molecular complexity index is 1250. The Morgan fingerprint density at radius 1 is 1.34 bits per heavy atom. The van der Waals surface area contributed by atoms with E-state index in [0.29, 0.717) is 33.5 Å². The number of anilines is 1. The van der Waals surface area contributed by atoms with E-state index in [1.54, 1.807) is 28.8 Å². The third-order valence-corrected chi connectivity index (χ3v) is 6.47. The van der Waals surface area contributed by atoms with Crippen LogP contribution in [0.1, 0.15) is 35.4 Å². The van der Waals surface area contributed by atoms with E-state index in [2.05, 4.69) is 11.4 Å². The van der Waals surface area contributed by atoms with Crippen molar-refractivity contribution in [3.8, 4) is 17.4 Å². The fraction of sp³-hybridized carbons (Fsp3) is 0.304. The van der Waals surface area contributed by atoms with Crippen molar-refractivity contribution in [2.45, 2.75) is 25.6 Å². The Kier molecular flexibility index (Phi) is 6.00. The molecule has 0 bridgehead atoms. The highest BCUT2D eigenvalue weighted by molar-refractivity contribution is 7.85. The van der Waals surface area contributed by atoms with Crippen LogP contribution in [0.5, 0.6) is 0 Å². The van der Waals surface area contributed by atoms with Crippen molar-refractivity contribution < 1.29 is 22.5 Å². The summed E-state index contributed by atoms with van der Waals surface area (Å²) in [6.07, 6.45) is 0.921. The lowest BCUT2D eigenvalue weighted by molar-refractivity contribution is 0.00959. The smallest absolute Gasteiger partial charge is 0.255 e. The average molecular weight is 456 g/mol. The van der Waals surface area contributed by atoms with E-state index in [0.717, 1.165) is 5.56 Å². The quantitative estimate of drug-likeness (QED) is 0.640. The van der Waals surface area contributed by atoms with Crippen molar-refractivity contribution in [2.24, 2.45) is 0 Å². The number of ether oxygens (including phenoxy) is 1. The van der Waals surface area contributed by atoms with Crippen molar-refractivity contribution in [2.75, 3.05) is 24.2 Å². The summed E-state index contributed by atoms with van der Waals surface area (Å²) in [7, 11) is 0.154. The monoisotopic (exact) mass is 455 g/mol. The molecule has 2 heterocycles. The maximum atomic E-state index is 13.4. The number of hydrogen-bond donors (Lipinski definition) is 1. The van der Waals surface area contributed by atoms with E-state index in [9.17, 15) is 13.4 Å². The zero-order valence-corrected chi connectivity index (χ0v) is 18.7. The Morgan fingerprint density at radius 2 is 2.06 bits per heavy atom. The summed E-state index contributed by atoms with van der Waals surface area (Å²) >= 11 is 0. The summed E-state index contributed by atoms with van der Waals surface area (Å²) in [5.41, 5.74) is 2.72. The van der Waals surface area contributed by atoms with Crippen LogP contribution in [0, 0.1) is 17.1 Å². The highest BCUT2D eigenvalue weighted by Crippen LogP contribution is 2.41. The molecule has 166 valence electrons. The number of halogens is 1. The highest BCUT2D eigenvalue weighted by Gasteiger charge is 2.31. The molecular weight excluding hydrogens is 433 g/mol. The number of nitrogens with zero attached hydrogens (tertiary/aromatic N) is 2. The molecule has 1 N–H and O–H groups in total. The second kappa shape index (κ2) is 8.73. The van der Waals surface area contributed by atoms with Gasteiger partial charge in [-0.25, -0.2) is 8.60 Å². The molecule has 0 saturated carbocycles. The summed E-state index contributed by atoms with van der Waals surface area (Å²) in [6.45, 7) is 2.14. The number of furan rings is 1. The van der Waals surface area contributed by atoms with E-state index >= 15 is 0 Å². The SMILES string of the molecule is CNC(=O)c1c(-c2ccc(F)cc2)oc2cc3c(cc12)C(C)OC(CC#N)CN3S(C)=O. The van der Waals surface area contributed by atoms with Gasteiger partial charge >= 0.3 is 0 Å². The normalized spacial score (nSPS) is 19.2. The van der Waals surface area contributed by atoms with Gasteiger partial charge in [-0.15, -0.1) is 0 Å². The maximum Gasteiger partial charge on any atom is 0.255 e. The van der Waals surface area contributed by atoms with Gasteiger partial charge in [0, 0.05) is 35.9 Å². The molecule has 32 heavy (non-hydrogen) atoms. The minimum Gasteiger partial charge on any atom is -0.455 e. The molecule has 1 aromatic heterocycles. The molecule has 0 radical (unpaired) electrons. The van der Waals surface area contributed by atoms with E-state index in [1.165, 1.54) is 19.2 Å². The lowest BCUT2D eigenvalue weighted by Gasteiger charge is -2.23. The molecule has 3 aromatic rings. The number of hydrogen-bond acceptors (Lipinski definition) is 5. The molecule has 2 aromatic carbocycles. The number of nitrogens with one attached hydrogen (secondary N) is 1. The Balaban J connectivity index is 1.96. The zero-order chi connectivity index (χ0) is 23.0. The van der Waals surface area contributed by atoms with Gasteiger partial charge < -0.3 is 14.5 Å². The van der Waals surface area contributed by atoms with Gasteiger partial charge in [0.15, 0.2) is 0 Å². The molecule has 0 saturated heterocycles. The van der Waals surface area contributed by atoms with Gasteiger partial charge in [0.2, 0.25) is 0 Å². The number of carbonyl (C=O) groups is 1. The predicted octanol–water partition coefficient (Wildman–Crippen LogP) is 4.07. The maximum absolute atomic E-state index is 13.4. The number of benzene rings is 2. The molecule has 3 unspecified atom stereocenters. The number of nitriles is 1. The molecule has 1 aliphatic rings. The number of carbonyl (C=O) groups excluding carboxylic acids is 1. The van der Waals surface area contributed by atoms with Crippen LogP contribution < -0.4 is 9.62 Å². The lowest BCUT2D eigenvalue weighted by atomic mass is 10.0. The number of fused-ring (bicyclic) bond motifs is 2. The zero-order valence-electron chi connectivity index (χ0n) is 17.8. The van der Waals surface area contributed by atoms with Gasteiger partial charge in [-0.1, -0.05) is 0 Å². The van der Waals surface area contributed by atoms with Crippen LogP contribution in [0.15, 0.2) is 40.8 Å². The van der Waals surface area contributed by atoms with Crippen molar-refractivity contribution in [3.63, 3.8) is 0 Å². The van der Waals surface area contributed by atoms with Crippen LogP contribution in [0.4, 0.5) is 10.1 Å². The van der Waals surface area contributed by atoms with E-state index in [-0.39, 0.29) is 18.9 Å². The third kappa shape index (κ3) is 3.87. The minimum atomic E-state index is -1.37. The summed E-state index contributed by atoms with van der Waals surface area (Å²) in [4.78, 5) is 12.8. The predicted molar refractivity (Wildman–Crippen MR) is 120 cm³/mol. The first-order valence-electron chi connectivity index (χ1n) is 10.1. The topological polar surface area (TPSA) is 95.6 Å². The van der Waals surface area contributed by atoms with Gasteiger partial charge in [-0.3, -0.25) is 9.10 Å². The van der Waals surface area contributed by atoms with Gasteiger partial charge in [0.25, 0.3) is 5.91 Å². The van der Waals surface area contributed by atoms with E-state index < -0.39 is 29.0 Å². The number of amides is 1. The third-order valence-electron chi connectivity index (χ3n) is 5.50. The summed E-state index contributed by atoms with van der Waals surface area (Å²) in [5, 5.41) is 12.3. The van der Waals surface area contributed by atoms with Gasteiger partial charge in [0.1, 0.15) is 28.1 Å². The second-order valence-electron chi connectivity index (χ2n) is 7.55. The van der Waals surface area contributed by atoms with Crippen LogP contribution in [0.25, 0.3) is 22.3 Å². The summed E-state index contributed by atoms with van der Waals surface area (Å²) < 4.78 is 39.8. The largest absolute Gasteiger partial charge is 0.455 e. The first-order valence-corrected chi connectivity index (χ1v) is 11.6. The minimum absolute atomic E-state index is 0.167. The molecule has 1 aliphatic heterocycles. The molecule has 0 fully saturated rings. The molecule has 9 heteroatoms. The summed E-state index contributed by atoms with van der Waals surface area (Å²) in [5.74, 6) is -0.417. The Morgan fingerprint density at radius 3 is 2.69 bits per heavy atom. The first kappa shape index (κ1) is 22.0. The van der Waals surface area contributed by atoms with Crippen molar-refractivity contribution >= 4 is 33.5 Å². The fourth-order valence-corrected chi connectivity index (χ4v) is 4.80. The molecule has 4 rings (SSSR count). The fourth-order valence-electron chi connectivity index (χ4n) is 3.99. The Hall–Kier alpha value is -3.22. The van der Waals surface area contributed by atoms with Crippen LogP contribution in [0.3, 0.4) is 0 Å². The summed E-state index contributed by atoms with van der Waals surface area (Å²) in [6, 6.07) is 11.4. The molecule has 1 amide bonds. The molecular formula is C23H22FN3O4S. The van der Waals surface area contributed by atoms with Crippen LogP contribution in [-0.2, 0) is 15.7 Å². The van der Waals surface area contributed by atoms with Crippen LogP contribution in [0.2, 0.25) is 0 Å². The van der Waals surface area contributed by atoms with Crippen molar-refractivity contribution in [1.29, 1.82) is 5.26 Å². The molecule has 0 aliphatic carbocycles. The second-order valence-corrected chi connectivity index (χ2v) is 8.84. The Labute approximate surface area is 187 Å². The average Bonchev–Trinajstić information content (AvgIpc) is 3.08. The standard InChI is InChI=1S/C23H22FN3O4S/c1-13-17-10-18-20(11-19(17)27(32(3)29)12-16(30-13)8-9-25)31-22(21(18)23(28)26-2)14-4-6-15(24)7-5-14/h4-7,10-11,13,16H,8,12H2,1-3H3,(H,26,28). The van der Waals surface area contributed by atoms with Crippen LogP contribution >= 0.6 is 0 Å². The van der Waals surface area contributed by atoms with Crippen molar-refractivity contribution in [3.05, 3.63) is 53.3 Å². The molecule has 3 atom stereocenters. The number of rotatable bonds is 4. The van der Waals surface area contributed by atoms with E-state index in [4.69, 9.17) is 14.4 Å². The highest BCUT2D eigenvalue weighted by atomic mass is 32.2. The van der Waals surface area contributed by atoms with Gasteiger partial charge in [-0.2, -0.15) is 5.26 Å². The lowest BCUT2D eigenvalue weighted by Crippen LogP contribution is -2.33. The molecule has 0 spiro atoms. The van der Waals surface area contributed by atoms with Crippen molar-refractivity contribution in [1.82, 2.24) is 5.32 Å². The van der Waals surface area contributed by atoms with Crippen LogP contribution in [-0.4, -0.2) is 36.1 Å². The van der Waals surface area contributed by atoms with Gasteiger partial charge in [-0.05, 0) is 37.3 Å². The molecule has 7 nitrogen and oxygen atoms in total. The van der Waals surface area contributed by atoms with Gasteiger partial charge in [0.05, 0.1) is 42.5 Å². The van der Waals surface area contributed by atoms with E-state index in [1.807, 2.05) is 13.0 Å². The first-order chi connectivity index (χ1) is 15.3.